The molecule has 0 heterocycles. The van der Waals surface area contributed by atoms with E-state index in [2.05, 4.69) is 12.2 Å². The molecule has 6 nitrogen and oxygen atoms in total. The third-order valence-corrected chi connectivity index (χ3v) is 3.76. The molecule has 0 aliphatic heterocycles. The minimum absolute atomic E-state index is 0.0814. The number of amides is 1. The highest BCUT2D eigenvalue weighted by Crippen LogP contribution is 2.27. The highest BCUT2D eigenvalue weighted by atomic mass is 35.5. The molecule has 0 bridgehead atoms. The summed E-state index contributed by atoms with van der Waals surface area (Å²) >= 11 is 6.13. The lowest BCUT2D eigenvalue weighted by atomic mass is 10.1. The van der Waals surface area contributed by atoms with Gasteiger partial charge in [-0.05, 0) is 42.8 Å². The number of halogens is 1. The molecular weight excluding hydrogens is 346 g/mol. The standard InChI is InChI=1S/C18H18ClNO5/c1-2-3-8-25-12-5-6-13(14(19)10-12)17(22)20-15-7-4-11(18(23)24)9-16(15)21/h4-7,9-10,21H,2-3,8H2,1H3,(H,20,22)(H,23,24). The number of anilines is 1. The lowest BCUT2D eigenvalue weighted by Gasteiger charge is -2.11. The number of nitrogens with one attached hydrogen (secondary N) is 1. The number of aromatic carboxylic acids is 1. The number of phenols is 1. The zero-order chi connectivity index (χ0) is 18.4. The number of unbranched alkanes of at least 4 members (excludes halogenated alkanes) is 1. The molecule has 0 aliphatic rings. The fourth-order valence-electron chi connectivity index (χ4n) is 2.06. The van der Waals surface area contributed by atoms with Gasteiger partial charge in [0.1, 0.15) is 11.5 Å². The molecule has 0 aromatic heterocycles. The monoisotopic (exact) mass is 363 g/mol. The molecule has 1 amide bonds. The zero-order valence-electron chi connectivity index (χ0n) is 13.6. The summed E-state index contributed by atoms with van der Waals surface area (Å²) < 4.78 is 5.52. The molecule has 0 fully saturated rings. The van der Waals surface area contributed by atoms with Crippen LogP contribution in [0.25, 0.3) is 0 Å². The maximum Gasteiger partial charge on any atom is 0.335 e. The first-order valence-electron chi connectivity index (χ1n) is 7.72. The van der Waals surface area contributed by atoms with Gasteiger partial charge in [-0.3, -0.25) is 4.79 Å². The minimum atomic E-state index is -1.17. The Balaban J connectivity index is 2.11. The van der Waals surface area contributed by atoms with Crippen LogP contribution in [0.2, 0.25) is 5.02 Å². The van der Waals surface area contributed by atoms with E-state index in [0.717, 1.165) is 18.9 Å². The molecule has 2 rings (SSSR count). The van der Waals surface area contributed by atoms with Gasteiger partial charge < -0.3 is 20.3 Å². The molecule has 132 valence electrons. The molecule has 0 unspecified atom stereocenters. The maximum absolute atomic E-state index is 12.3. The fourth-order valence-corrected chi connectivity index (χ4v) is 2.32. The van der Waals surface area contributed by atoms with Gasteiger partial charge in [0.05, 0.1) is 28.4 Å². The zero-order valence-corrected chi connectivity index (χ0v) is 14.3. The van der Waals surface area contributed by atoms with Crippen molar-refractivity contribution in [3.05, 3.63) is 52.5 Å². The van der Waals surface area contributed by atoms with Crippen molar-refractivity contribution in [1.29, 1.82) is 0 Å². The third kappa shape index (κ3) is 4.87. The van der Waals surface area contributed by atoms with Gasteiger partial charge in [-0.15, -0.1) is 0 Å². The summed E-state index contributed by atoms with van der Waals surface area (Å²) in [6.07, 6.45) is 1.93. The van der Waals surface area contributed by atoms with Gasteiger partial charge in [-0.1, -0.05) is 24.9 Å². The average Bonchev–Trinajstić information content (AvgIpc) is 2.56. The van der Waals surface area contributed by atoms with Gasteiger partial charge in [-0.25, -0.2) is 4.79 Å². The molecule has 2 aromatic carbocycles. The lowest BCUT2D eigenvalue weighted by Crippen LogP contribution is -2.13. The SMILES string of the molecule is CCCCOc1ccc(C(=O)Nc2ccc(C(=O)O)cc2O)c(Cl)c1. The normalized spacial score (nSPS) is 10.3. The molecule has 7 heteroatoms. The van der Waals surface area contributed by atoms with Crippen molar-refractivity contribution in [2.75, 3.05) is 11.9 Å². The van der Waals surface area contributed by atoms with Crippen LogP contribution in [0.5, 0.6) is 11.5 Å². The Hall–Kier alpha value is -2.73. The summed E-state index contributed by atoms with van der Waals surface area (Å²) in [7, 11) is 0. The van der Waals surface area contributed by atoms with Crippen LogP contribution in [0, 0.1) is 0 Å². The molecular formula is C18H18ClNO5. The van der Waals surface area contributed by atoms with E-state index >= 15 is 0 Å². The van der Waals surface area contributed by atoms with Crippen LogP contribution in [-0.2, 0) is 0 Å². The van der Waals surface area contributed by atoms with Gasteiger partial charge in [-0.2, -0.15) is 0 Å². The van der Waals surface area contributed by atoms with E-state index in [1.54, 1.807) is 12.1 Å². The summed E-state index contributed by atoms with van der Waals surface area (Å²) in [5.74, 6) is -1.47. The quantitative estimate of drug-likeness (QED) is 0.506. The van der Waals surface area contributed by atoms with Crippen LogP contribution < -0.4 is 10.1 Å². The van der Waals surface area contributed by atoms with Crippen molar-refractivity contribution in [3.63, 3.8) is 0 Å². The molecule has 25 heavy (non-hydrogen) atoms. The predicted molar refractivity (Wildman–Crippen MR) is 94.9 cm³/mol. The van der Waals surface area contributed by atoms with Crippen molar-refractivity contribution >= 4 is 29.2 Å². The number of carbonyl (C=O) groups is 2. The minimum Gasteiger partial charge on any atom is -0.506 e. The van der Waals surface area contributed by atoms with Crippen LogP contribution in [0.15, 0.2) is 36.4 Å². The molecule has 2 aromatic rings. The molecule has 0 radical (unpaired) electrons. The number of aromatic hydroxyl groups is 1. The smallest absolute Gasteiger partial charge is 0.335 e. The van der Waals surface area contributed by atoms with E-state index in [9.17, 15) is 14.7 Å². The Bertz CT molecular complexity index is 791. The van der Waals surface area contributed by atoms with E-state index in [-0.39, 0.29) is 27.6 Å². The summed E-state index contributed by atoms with van der Waals surface area (Å²) in [5, 5.41) is 21.4. The molecule has 0 aliphatic carbocycles. The summed E-state index contributed by atoms with van der Waals surface area (Å²) in [4.78, 5) is 23.2. The van der Waals surface area contributed by atoms with Crippen LogP contribution in [0.1, 0.15) is 40.5 Å². The number of hydrogen-bond donors (Lipinski definition) is 3. The Morgan fingerprint density at radius 2 is 1.96 bits per heavy atom. The van der Waals surface area contributed by atoms with Crippen molar-refractivity contribution in [2.24, 2.45) is 0 Å². The van der Waals surface area contributed by atoms with E-state index in [1.807, 2.05) is 0 Å². The Labute approximate surface area is 150 Å². The first-order chi connectivity index (χ1) is 11.9. The second-order valence-corrected chi connectivity index (χ2v) is 5.74. The first-order valence-corrected chi connectivity index (χ1v) is 8.10. The summed E-state index contributed by atoms with van der Waals surface area (Å²) in [6.45, 7) is 2.63. The van der Waals surface area contributed by atoms with Gasteiger partial charge in [0, 0.05) is 0 Å². The largest absolute Gasteiger partial charge is 0.506 e. The van der Waals surface area contributed by atoms with Crippen LogP contribution in [-0.4, -0.2) is 28.7 Å². The number of phenolic OH excluding ortho intramolecular Hbond substituents is 1. The van der Waals surface area contributed by atoms with Crippen molar-refractivity contribution in [1.82, 2.24) is 0 Å². The van der Waals surface area contributed by atoms with E-state index < -0.39 is 11.9 Å². The second-order valence-electron chi connectivity index (χ2n) is 5.33. The number of hydrogen-bond acceptors (Lipinski definition) is 4. The molecule has 0 saturated heterocycles. The Morgan fingerprint density at radius 3 is 2.56 bits per heavy atom. The first kappa shape index (κ1) is 18.6. The van der Waals surface area contributed by atoms with Gasteiger partial charge in [0.2, 0.25) is 0 Å². The predicted octanol–water partition coefficient (Wildman–Crippen LogP) is 4.18. The maximum atomic E-state index is 12.3. The van der Waals surface area contributed by atoms with Crippen molar-refractivity contribution < 1.29 is 24.5 Å². The highest BCUT2D eigenvalue weighted by Gasteiger charge is 2.14. The van der Waals surface area contributed by atoms with Crippen LogP contribution >= 0.6 is 11.6 Å². The number of carbonyl (C=O) groups excluding carboxylic acids is 1. The Kier molecular flexibility index (Phi) is 6.25. The highest BCUT2D eigenvalue weighted by molar-refractivity contribution is 6.34. The van der Waals surface area contributed by atoms with Crippen LogP contribution in [0.4, 0.5) is 5.69 Å². The van der Waals surface area contributed by atoms with E-state index in [1.165, 1.54) is 18.2 Å². The number of ether oxygens (including phenoxy) is 1. The number of carboxylic acids is 1. The summed E-state index contributed by atoms with van der Waals surface area (Å²) in [6, 6.07) is 8.38. The van der Waals surface area contributed by atoms with Gasteiger partial charge in [0.25, 0.3) is 5.91 Å². The molecule has 3 N–H and O–H groups in total. The van der Waals surface area contributed by atoms with Gasteiger partial charge in [0.15, 0.2) is 0 Å². The van der Waals surface area contributed by atoms with E-state index in [0.29, 0.717) is 12.4 Å². The molecule has 0 spiro atoms. The van der Waals surface area contributed by atoms with E-state index in [4.69, 9.17) is 21.4 Å². The number of rotatable bonds is 7. The number of benzene rings is 2. The number of carboxylic acid groups (broad SMARTS) is 1. The van der Waals surface area contributed by atoms with Gasteiger partial charge >= 0.3 is 5.97 Å². The second kappa shape index (κ2) is 8.39. The lowest BCUT2D eigenvalue weighted by molar-refractivity contribution is 0.0696. The Morgan fingerprint density at radius 1 is 1.20 bits per heavy atom. The fraction of sp³-hybridized carbons (Fsp3) is 0.222. The molecule has 0 atom stereocenters. The molecule has 0 saturated carbocycles. The van der Waals surface area contributed by atoms with Crippen molar-refractivity contribution in [2.45, 2.75) is 19.8 Å². The summed E-state index contributed by atoms with van der Waals surface area (Å²) in [5.41, 5.74) is 0.225. The topological polar surface area (TPSA) is 95.9 Å². The van der Waals surface area contributed by atoms with Crippen molar-refractivity contribution in [3.8, 4) is 11.5 Å². The average molecular weight is 364 g/mol. The van der Waals surface area contributed by atoms with Crippen LogP contribution in [0.3, 0.4) is 0 Å². The third-order valence-electron chi connectivity index (χ3n) is 3.44.